The number of hydrogen-bond donors (Lipinski definition) is 2. The molecule has 0 unspecified atom stereocenters. The number of anilines is 3. The van der Waals surface area contributed by atoms with Gasteiger partial charge in [-0.3, -0.25) is 0 Å². The number of rotatable bonds is 6. The first-order valence-electron chi connectivity index (χ1n) is 6.72. The monoisotopic (exact) mass is 291 g/mol. The highest BCUT2D eigenvalue weighted by Crippen LogP contribution is 2.17. The average molecular weight is 292 g/mol. The third kappa shape index (κ3) is 4.06. The molecule has 1 aromatic carbocycles. The summed E-state index contributed by atoms with van der Waals surface area (Å²) in [6.07, 6.45) is 2.23. The molecule has 0 spiro atoms. The van der Waals surface area contributed by atoms with Crippen LogP contribution in [0.5, 0.6) is 0 Å². The van der Waals surface area contributed by atoms with Crippen molar-refractivity contribution in [3.63, 3.8) is 0 Å². The van der Waals surface area contributed by atoms with Gasteiger partial charge in [0.1, 0.15) is 0 Å². The van der Waals surface area contributed by atoms with E-state index in [0.29, 0.717) is 11.9 Å². The van der Waals surface area contributed by atoms with Crippen LogP contribution in [0.1, 0.15) is 25.8 Å². The minimum absolute atomic E-state index is 0.168. The number of nitrogens with zero attached hydrogens (tertiary/aromatic N) is 3. The van der Waals surface area contributed by atoms with Gasteiger partial charge in [0.05, 0.1) is 0 Å². The van der Waals surface area contributed by atoms with Gasteiger partial charge in [0.25, 0.3) is 0 Å². The largest absolute Gasteiger partial charge is 0.354 e. The summed E-state index contributed by atoms with van der Waals surface area (Å²) in [5.41, 5.74) is 2.25. The molecule has 2 rings (SSSR count). The van der Waals surface area contributed by atoms with Crippen LogP contribution in [0.3, 0.4) is 0 Å². The van der Waals surface area contributed by atoms with E-state index in [1.54, 1.807) is 0 Å². The Morgan fingerprint density at radius 1 is 1.00 bits per heavy atom. The van der Waals surface area contributed by atoms with Gasteiger partial charge in [-0.1, -0.05) is 25.5 Å². The molecule has 106 valence electrons. The van der Waals surface area contributed by atoms with Gasteiger partial charge in [-0.05, 0) is 42.6 Å². The zero-order valence-electron chi connectivity index (χ0n) is 11.7. The van der Waals surface area contributed by atoms with Crippen LogP contribution in [0, 0.1) is 0 Å². The first-order valence-corrected chi connectivity index (χ1v) is 7.10. The maximum Gasteiger partial charge on any atom is 0.233 e. The molecular formula is C14H18ClN5. The minimum atomic E-state index is 0.168. The summed E-state index contributed by atoms with van der Waals surface area (Å²) >= 11 is 5.88. The maximum atomic E-state index is 5.88. The van der Waals surface area contributed by atoms with E-state index < -0.39 is 0 Å². The Labute approximate surface area is 123 Å². The van der Waals surface area contributed by atoms with Crippen LogP contribution in [-0.4, -0.2) is 21.5 Å². The highest BCUT2D eigenvalue weighted by Gasteiger charge is 2.04. The van der Waals surface area contributed by atoms with Crippen molar-refractivity contribution >= 4 is 29.2 Å². The predicted molar refractivity (Wildman–Crippen MR) is 82.7 cm³/mol. The zero-order chi connectivity index (χ0) is 14.4. The van der Waals surface area contributed by atoms with Crippen molar-refractivity contribution in [1.82, 2.24) is 15.0 Å². The van der Waals surface area contributed by atoms with E-state index in [4.69, 9.17) is 11.6 Å². The van der Waals surface area contributed by atoms with Gasteiger partial charge in [-0.25, -0.2) is 0 Å². The lowest BCUT2D eigenvalue weighted by atomic mass is 10.1. The zero-order valence-corrected chi connectivity index (χ0v) is 12.4. The lowest BCUT2D eigenvalue weighted by molar-refractivity contribution is 0.922. The molecule has 0 radical (unpaired) electrons. The fourth-order valence-corrected chi connectivity index (χ4v) is 1.98. The summed E-state index contributed by atoms with van der Waals surface area (Å²) in [5, 5.41) is 6.31. The van der Waals surface area contributed by atoms with Crippen molar-refractivity contribution in [2.24, 2.45) is 0 Å². The number of halogens is 1. The van der Waals surface area contributed by atoms with Gasteiger partial charge in [-0.15, -0.1) is 0 Å². The Hall–Kier alpha value is -1.88. The Balaban J connectivity index is 2.12. The van der Waals surface area contributed by atoms with E-state index in [0.717, 1.165) is 25.1 Å². The fraction of sp³-hybridized carbons (Fsp3) is 0.357. The molecular weight excluding hydrogens is 274 g/mol. The molecule has 1 heterocycles. The summed E-state index contributed by atoms with van der Waals surface area (Å²) in [6, 6.07) is 8.21. The van der Waals surface area contributed by atoms with E-state index in [2.05, 4.69) is 44.6 Å². The molecule has 0 atom stereocenters. The summed E-state index contributed by atoms with van der Waals surface area (Å²) < 4.78 is 0. The third-order valence-electron chi connectivity index (χ3n) is 2.69. The van der Waals surface area contributed by atoms with Gasteiger partial charge in [0.15, 0.2) is 0 Å². The molecule has 0 saturated heterocycles. The van der Waals surface area contributed by atoms with Crippen LogP contribution >= 0.6 is 11.6 Å². The van der Waals surface area contributed by atoms with Gasteiger partial charge in [0.2, 0.25) is 17.2 Å². The molecule has 0 saturated carbocycles. The molecule has 0 aliphatic heterocycles. The van der Waals surface area contributed by atoms with Crippen LogP contribution in [0.25, 0.3) is 0 Å². The van der Waals surface area contributed by atoms with Crippen molar-refractivity contribution in [3.8, 4) is 0 Å². The predicted octanol–water partition coefficient (Wildman–Crippen LogP) is 3.65. The molecule has 0 bridgehead atoms. The van der Waals surface area contributed by atoms with Gasteiger partial charge < -0.3 is 10.6 Å². The molecule has 5 nitrogen and oxygen atoms in total. The van der Waals surface area contributed by atoms with Crippen molar-refractivity contribution in [2.75, 3.05) is 17.2 Å². The molecule has 0 amide bonds. The lowest BCUT2D eigenvalue weighted by Crippen LogP contribution is -2.06. The van der Waals surface area contributed by atoms with Crippen molar-refractivity contribution in [2.45, 2.75) is 26.7 Å². The molecule has 2 aromatic rings. The standard InChI is InChI=1S/C14H18ClN5/c1-3-5-10-6-8-11(9-7-10)17-14-19-12(15)18-13(20-14)16-4-2/h6-9H,3-5H2,1-2H3,(H2,16,17,18,19,20). The second-order valence-electron chi connectivity index (χ2n) is 4.35. The van der Waals surface area contributed by atoms with E-state index >= 15 is 0 Å². The summed E-state index contributed by atoms with van der Waals surface area (Å²) in [6.45, 7) is 4.87. The van der Waals surface area contributed by atoms with E-state index in [1.165, 1.54) is 5.56 Å². The lowest BCUT2D eigenvalue weighted by Gasteiger charge is -2.08. The Bertz CT molecular complexity index is 556. The molecule has 2 N–H and O–H groups in total. The summed E-state index contributed by atoms with van der Waals surface area (Å²) in [4.78, 5) is 12.3. The van der Waals surface area contributed by atoms with Crippen LogP contribution < -0.4 is 10.6 Å². The quantitative estimate of drug-likeness (QED) is 0.850. The smallest absolute Gasteiger partial charge is 0.233 e. The van der Waals surface area contributed by atoms with Crippen molar-refractivity contribution in [3.05, 3.63) is 35.1 Å². The number of aryl methyl sites for hydroxylation is 1. The highest BCUT2D eigenvalue weighted by atomic mass is 35.5. The Morgan fingerprint density at radius 2 is 1.70 bits per heavy atom. The van der Waals surface area contributed by atoms with Crippen LogP contribution in [-0.2, 0) is 6.42 Å². The van der Waals surface area contributed by atoms with Crippen molar-refractivity contribution in [1.29, 1.82) is 0 Å². The Kier molecular flexibility index (Phi) is 5.12. The van der Waals surface area contributed by atoms with E-state index in [9.17, 15) is 0 Å². The summed E-state index contributed by atoms with van der Waals surface area (Å²) in [5.74, 6) is 0.904. The van der Waals surface area contributed by atoms with Gasteiger partial charge >= 0.3 is 0 Å². The number of aromatic nitrogens is 3. The van der Waals surface area contributed by atoms with Crippen LogP contribution in [0.4, 0.5) is 17.6 Å². The van der Waals surface area contributed by atoms with Crippen molar-refractivity contribution < 1.29 is 0 Å². The van der Waals surface area contributed by atoms with Gasteiger partial charge in [0, 0.05) is 12.2 Å². The second-order valence-corrected chi connectivity index (χ2v) is 4.69. The molecule has 0 aliphatic rings. The van der Waals surface area contributed by atoms with Crippen LogP contribution in [0.15, 0.2) is 24.3 Å². The number of benzene rings is 1. The SMILES string of the molecule is CCCc1ccc(Nc2nc(Cl)nc(NCC)n2)cc1. The minimum Gasteiger partial charge on any atom is -0.354 e. The number of hydrogen-bond acceptors (Lipinski definition) is 5. The first-order chi connectivity index (χ1) is 9.71. The second kappa shape index (κ2) is 7.05. The van der Waals surface area contributed by atoms with Crippen LogP contribution in [0.2, 0.25) is 5.28 Å². The number of nitrogens with one attached hydrogen (secondary N) is 2. The highest BCUT2D eigenvalue weighted by molar-refractivity contribution is 6.28. The van der Waals surface area contributed by atoms with Gasteiger partial charge in [-0.2, -0.15) is 15.0 Å². The molecule has 0 aliphatic carbocycles. The maximum absolute atomic E-state index is 5.88. The Morgan fingerprint density at radius 3 is 2.35 bits per heavy atom. The topological polar surface area (TPSA) is 62.7 Å². The first kappa shape index (κ1) is 14.5. The summed E-state index contributed by atoms with van der Waals surface area (Å²) in [7, 11) is 0. The molecule has 20 heavy (non-hydrogen) atoms. The van der Waals surface area contributed by atoms with E-state index in [-0.39, 0.29) is 5.28 Å². The molecule has 0 fully saturated rings. The fourth-order valence-electron chi connectivity index (χ4n) is 1.82. The molecule has 1 aromatic heterocycles. The average Bonchev–Trinajstić information content (AvgIpc) is 2.41. The normalized spacial score (nSPS) is 10.3. The molecule has 6 heteroatoms. The third-order valence-corrected chi connectivity index (χ3v) is 2.86. The van der Waals surface area contributed by atoms with E-state index in [1.807, 2.05) is 19.1 Å².